The van der Waals surface area contributed by atoms with Gasteiger partial charge < -0.3 is 9.64 Å². The molecule has 128 valence electrons. The van der Waals surface area contributed by atoms with Gasteiger partial charge in [0.15, 0.2) is 15.0 Å². The number of methoxy groups -OCH3 is 1. The quantitative estimate of drug-likeness (QED) is 0.754. The van der Waals surface area contributed by atoms with Crippen LogP contribution in [0.25, 0.3) is 0 Å². The molecule has 2 aliphatic rings. The van der Waals surface area contributed by atoms with Crippen molar-refractivity contribution in [3.8, 4) is 5.75 Å². The number of carbonyl (C=O) groups excluding carboxylic acids is 1. The number of amides is 1. The number of ether oxygens (including phenoxy) is 1. The van der Waals surface area contributed by atoms with E-state index in [1.807, 2.05) is 4.90 Å². The predicted molar refractivity (Wildman–Crippen MR) is 95.5 cm³/mol. The summed E-state index contributed by atoms with van der Waals surface area (Å²) in [6, 6.07) is 6.60. The molecule has 2 atom stereocenters. The predicted octanol–water partition coefficient (Wildman–Crippen LogP) is 1.59. The van der Waals surface area contributed by atoms with E-state index in [1.165, 1.54) is 11.8 Å². The zero-order valence-corrected chi connectivity index (χ0v) is 14.8. The van der Waals surface area contributed by atoms with Crippen molar-refractivity contribution in [3.63, 3.8) is 0 Å². The molecular weight excluding hydrogens is 348 g/mol. The maximum Gasteiger partial charge on any atom is 0.279 e. The van der Waals surface area contributed by atoms with Crippen LogP contribution in [0.15, 0.2) is 41.9 Å². The van der Waals surface area contributed by atoms with Crippen LogP contribution < -0.4 is 4.74 Å². The molecule has 0 N–H and O–H groups in total. The smallest absolute Gasteiger partial charge is 0.279 e. The molecule has 1 aromatic rings. The van der Waals surface area contributed by atoms with Crippen LogP contribution in [0.5, 0.6) is 5.75 Å². The Morgan fingerprint density at radius 2 is 2.12 bits per heavy atom. The number of rotatable bonds is 4. The molecule has 6 nitrogen and oxygen atoms in total. The number of aliphatic imine (C=N–C) groups is 1. The maximum atomic E-state index is 12.4. The van der Waals surface area contributed by atoms with Crippen molar-refractivity contribution < 1.29 is 17.9 Å². The zero-order valence-electron chi connectivity index (χ0n) is 13.2. The minimum atomic E-state index is -3.02. The molecule has 0 spiro atoms. The van der Waals surface area contributed by atoms with Crippen LogP contribution in [0, 0.1) is 0 Å². The molecule has 2 heterocycles. The van der Waals surface area contributed by atoms with Crippen LogP contribution in [0.3, 0.4) is 0 Å². The van der Waals surface area contributed by atoms with E-state index >= 15 is 0 Å². The van der Waals surface area contributed by atoms with Crippen LogP contribution in [0.4, 0.5) is 0 Å². The zero-order chi connectivity index (χ0) is 17.3. The van der Waals surface area contributed by atoms with E-state index < -0.39 is 9.84 Å². The lowest BCUT2D eigenvalue weighted by atomic mass is 10.2. The van der Waals surface area contributed by atoms with Crippen molar-refractivity contribution in [2.45, 2.75) is 11.3 Å². The average Bonchev–Trinajstić information content (AvgIpc) is 3.00. The minimum absolute atomic E-state index is 0.0719. The summed E-state index contributed by atoms with van der Waals surface area (Å²) < 4.78 is 28.7. The summed E-state index contributed by atoms with van der Waals surface area (Å²) in [7, 11) is -1.46. The van der Waals surface area contributed by atoms with Gasteiger partial charge in [-0.2, -0.15) is 4.99 Å². The van der Waals surface area contributed by atoms with Crippen LogP contribution in [-0.2, 0) is 9.84 Å². The fraction of sp³-hybridized carbons (Fsp3) is 0.375. The topological polar surface area (TPSA) is 76.0 Å². The van der Waals surface area contributed by atoms with Crippen molar-refractivity contribution in [2.24, 2.45) is 4.99 Å². The van der Waals surface area contributed by atoms with Gasteiger partial charge in [-0.15, -0.1) is 6.58 Å². The molecule has 0 aromatic heterocycles. The first-order valence-electron chi connectivity index (χ1n) is 7.45. The summed E-state index contributed by atoms with van der Waals surface area (Å²) in [5, 5.41) is 0.498. The Bertz CT molecular complexity index is 787. The molecule has 1 amide bonds. The monoisotopic (exact) mass is 366 g/mol. The van der Waals surface area contributed by atoms with Gasteiger partial charge in [0.25, 0.3) is 5.91 Å². The maximum absolute atomic E-state index is 12.4. The molecular formula is C16H18N2O4S2. The number of nitrogens with zero attached hydrogens (tertiary/aromatic N) is 2. The Labute approximate surface area is 145 Å². The minimum Gasteiger partial charge on any atom is -0.497 e. The largest absolute Gasteiger partial charge is 0.497 e. The summed E-state index contributed by atoms with van der Waals surface area (Å²) in [6.45, 7) is 4.18. The van der Waals surface area contributed by atoms with Crippen molar-refractivity contribution in [1.82, 2.24) is 4.90 Å². The molecule has 3 rings (SSSR count). The summed E-state index contributed by atoms with van der Waals surface area (Å²) in [5.41, 5.74) is 0.465. The highest BCUT2D eigenvalue weighted by Crippen LogP contribution is 2.38. The summed E-state index contributed by atoms with van der Waals surface area (Å²) in [5.74, 6) is 0.555. The van der Waals surface area contributed by atoms with Gasteiger partial charge in [-0.05, 0) is 24.3 Å². The number of amidine groups is 1. The van der Waals surface area contributed by atoms with Crippen molar-refractivity contribution in [2.75, 3.05) is 25.2 Å². The van der Waals surface area contributed by atoms with Gasteiger partial charge in [-0.1, -0.05) is 17.8 Å². The van der Waals surface area contributed by atoms with Gasteiger partial charge in [0.05, 0.1) is 24.7 Å². The highest BCUT2D eigenvalue weighted by atomic mass is 32.2. The average molecular weight is 366 g/mol. The highest BCUT2D eigenvalue weighted by Gasteiger charge is 2.48. The Morgan fingerprint density at radius 1 is 1.42 bits per heavy atom. The third kappa shape index (κ3) is 3.34. The molecule has 0 aliphatic carbocycles. The van der Waals surface area contributed by atoms with Crippen molar-refractivity contribution in [3.05, 3.63) is 42.5 Å². The van der Waals surface area contributed by atoms with E-state index in [0.29, 0.717) is 23.0 Å². The highest BCUT2D eigenvalue weighted by molar-refractivity contribution is 8.15. The fourth-order valence-corrected chi connectivity index (χ4v) is 6.83. The fourth-order valence-electron chi connectivity index (χ4n) is 2.87. The van der Waals surface area contributed by atoms with Crippen LogP contribution in [0.1, 0.15) is 10.4 Å². The third-order valence-electron chi connectivity index (χ3n) is 4.03. The number of thioether (sulfide) groups is 1. The molecule has 0 saturated carbocycles. The Balaban J connectivity index is 1.83. The van der Waals surface area contributed by atoms with Crippen molar-refractivity contribution in [1.29, 1.82) is 0 Å². The van der Waals surface area contributed by atoms with Gasteiger partial charge >= 0.3 is 0 Å². The molecule has 24 heavy (non-hydrogen) atoms. The van der Waals surface area contributed by atoms with Crippen LogP contribution in [-0.4, -0.2) is 60.8 Å². The number of carbonyl (C=O) groups is 1. The second kappa shape index (κ2) is 6.60. The van der Waals surface area contributed by atoms with Gasteiger partial charge in [0.1, 0.15) is 5.75 Å². The number of sulfone groups is 1. The van der Waals surface area contributed by atoms with Gasteiger partial charge in [-0.25, -0.2) is 8.42 Å². The van der Waals surface area contributed by atoms with E-state index in [1.54, 1.807) is 37.5 Å². The molecule has 8 heteroatoms. The molecule has 2 saturated heterocycles. The SMILES string of the molecule is C=CCN1C(=NC(=O)c2ccc(OC)cc2)SC2CS(=O)(=O)CC21. The van der Waals surface area contributed by atoms with E-state index in [4.69, 9.17) is 4.74 Å². The normalized spacial score (nSPS) is 26.4. The van der Waals surface area contributed by atoms with Gasteiger partial charge in [-0.3, -0.25) is 4.79 Å². The van der Waals surface area contributed by atoms with Crippen molar-refractivity contribution >= 4 is 32.7 Å². The lowest BCUT2D eigenvalue weighted by Gasteiger charge is -2.22. The van der Waals surface area contributed by atoms with E-state index in [2.05, 4.69) is 11.6 Å². The summed E-state index contributed by atoms with van der Waals surface area (Å²) >= 11 is 1.37. The molecule has 1 aromatic carbocycles. The molecule has 2 unspecified atom stereocenters. The Hall–Kier alpha value is -1.80. The lowest BCUT2D eigenvalue weighted by molar-refractivity contribution is 0.100. The standard InChI is InChI=1S/C16H18N2O4S2/c1-3-8-18-13-9-24(20,21)10-14(13)23-16(18)17-15(19)11-4-6-12(22-2)7-5-11/h3-7,13-14H,1,8-10H2,2H3. The second-order valence-corrected chi connectivity index (χ2v) is 9.03. The third-order valence-corrected chi connectivity index (χ3v) is 7.28. The van der Waals surface area contributed by atoms with Gasteiger partial charge in [0, 0.05) is 17.4 Å². The number of hydrogen-bond donors (Lipinski definition) is 0. The molecule has 2 aliphatic heterocycles. The first-order chi connectivity index (χ1) is 11.4. The van der Waals surface area contributed by atoms with Gasteiger partial charge in [0.2, 0.25) is 0 Å². The van der Waals surface area contributed by atoms with E-state index in [0.717, 1.165) is 0 Å². The van der Waals surface area contributed by atoms with E-state index in [9.17, 15) is 13.2 Å². The first-order valence-corrected chi connectivity index (χ1v) is 10.2. The lowest BCUT2D eigenvalue weighted by Crippen LogP contribution is -2.37. The summed E-state index contributed by atoms with van der Waals surface area (Å²) in [6.07, 6.45) is 1.70. The number of hydrogen-bond acceptors (Lipinski definition) is 5. The number of fused-ring (bicyclic) bond motifs is 1. The Kier molecular flexibility index (Phi) is 4.69. The van der Waals surface area contributed by atoms with Crippen LogP contribution >= 0.6 is 11.8 Å². The number of benzene rings is 1. The molecule has 0 bridgehead atoms. The Morgan fingerprint density at radius 3 is 2.75 bits per heavy atom. The summed E-state index contributed by atoms with van der Waals surface area (Å²) in [4.78, 5) is 18.5. The van der Waals surface area contributed by atoms with E-state index in [-0.39, 0.29) is 28.7 Å². The van der Waals surface area contributed by atoms with Crippen LogP contribution in [0.2, 0.25) is 0 Å². The molecule has 2 fully saturated rings. The second-order valence-electron chi connectivity index (χ2n) is 5.67. The first kappa shape index (κ1) is 17.0. The molecule has 0 radical (unpaired) electrons.